The molecule has 0 aromatic rings. The van der Waals surface area contributed by atoms with E-state index in [1.807, 2.05) is 6.92 Å². The van der Waals surface area contributed by atoms with Gasteiger partial charge < -0.3 is 14.5 Å². The fourth-order valence-electron chi connectivity index (χ4n) is 1.70. The lowest BCUT2D eigenvalue weighted by Crippen LogP contribution is -2.17. The van der Waals surface area contributed by atoms with Crippen molar-refractivity contribution < 1.29 is 4.74 Å². The first-order chi connectivity index (χ1) is 9.13. The summed E-state index contributed by atoms with van der Waals surface area (Å²) in [6, 6.07) is 0. The molecule has 0 spiro atoms. The summed E-state index contributed by atoms with van der Waals surface area (Å²) in [6.07, 6.45) is 13.7. The van der Waals surface area contributed by atoms with E-state index in [2.05, 4.69) is 67.4 Å². The van der Waals surface area contributed by atoms with Crippen LogP contribution in [0, 0.1) is 0 Å². The Morgan fingerprint density at radius 1 is 1.21 bits per heavy atom. The average Bonchev–Trinajstić information content (AvgIpc) is 2.61. The lowest BCUT2D eigenvalue weighted by molar-refractivity contribution is 0.192. The Bertz CT molecular complexity index is 378. The Kier molecular flexibility index (Phi) is 7.04. The van der Waals surface area contributed by atoms with Crippen LogP contribution in [0.2, 0.25) is 0 Å². The van der Waals surface area contributed by atoms with E-state index in [4.69, 9.17) is 4.74 Å². The normalized spacial score (nSPS) is 15.4. The summed E-state index contributed by atoms with van der Waals surface area (Å²) in [5.74, 6) is 0.965. The molecule has 0 saturated carbocycles. The number of hydrogen-bond donors (Lipinski definition) is 0. The lowest BCUT2D eigenvalue weighted by atomic mass is 10.3. The van der Waals surface area contributed by atoms with E-state index in [0.29, 0.717) is 0 Å². The van der Waals surface area contributed by atoms with Crippen LogP contribution in [0.3, 0.4) is 0 Å². The van der Waals surface area contributed by atoms with Gasteiger partial charge in [-0.05, 0) is 45.7 Å². The molecule has 0 bridgehead atoms. The molecule has 3 nitrogen and oxygen atoms in total. The molecule has 1 aliphatic rings. The average molecular weight is 262 g/mol. The van der Waals surface area contributed by atoms with Crippen LogP contribution in [-0.2, 0) is 4.74 Å². The number of hydrogen-bond acceptors (Lipinski definition) is 3. The van der Waals surface area contributed by atoms with Crippen molar-refractivity contribution in [3.8, 4) is 0 Å². The minimum Gasteiger partial charge on any atom is -0.493 e. The summed E-state index contributed by atoms with van der Waals surface area (Å²) >= 11 is 0. The van der Waals surface area contributed by atoms with E-state index >= 15 is 0 Å². The lowest BCUT2D eigenvalue weighted by Gasteiger charge is -2.18. The van der Waals surface area contributed by atoms with Gasteiger partial charge in [-0.3, -0.25) is 0 Å². The molecule has 106 valence electrons. The number of rotatable bonds is 7. The largest absolute Gasteiger partial charge is 0.493 e. The van der Waals surface area contributed by atoms with Crippen LogP contribution in [0.1, 0.15) is 13.3 Å². The summed E-state index contributed by atoms with van der Waals surface area (Å²) in [5, 5.41) is 0. The molecule has 0 aromatic carbocycles. The van der Waals surface area contributed by atoms with Gasteiger partial charge in [-0.15, -0.1) is 0 Å². The van der Waals surface area contributed by atoms with Crippen molar-refractivity contribution >= 4 is 0 Å². The van der Waals surface area contributed by atoms with Gasteiger partial charge in [-0.25, -0.2) is 0 Å². The molecule has 0 fully saturated rings. The predicted molar refractivity (Wildman–Crippen MR) is 81.9 cm³/mol. The highest BCUT2D eigenvalue weighted by molar-refractivity contribution is 5.29. The van der Waals surface area contributed by atoms with Gasteiger partial charge in [0.1, 0.15) is 12.4 Å². The summed E-state index contributed by atoms with van der Waals surface area (Å²) < 4.78 is 5.75. The molecule has 0 atom stereocenters. The molecular formula is C16H26N2O. The van der Waals surface area contributed by atoms with Crippen molar-refractivity contribution in [2.45, 2.75) is 13.3 Å². The quantitative estimate of drug-likeness (QED) is 0.656. The van der Waals surface area contributed by atoms with Gasteiger partial charge in [0.05, 0.1) is 0 Å². The fraction of sp³-hybridized carbons (Fsp3) is 0.500. The van der Waals surface area contributed by atoms with Crippen molar-refractivity contribution in [3.63, 3.8) is 0 Å². The standard InChI is InChI=1S/C16H26N2O/c1-5-6-12-18(4)15-8-7-9-16(11-10-15)19-14-13-17(2)3/h5-6,8-11H,7,12-14H2,1-4H3/b6-5-. The molecule has 0 radical (unpaired) electrons. The van der Waals surface area contributed by atoms with Crippen molar-refractivity contribution in [3.05, 3.63) is 47.9 Å². The van der Waals surface area contributed by atoms with Crippen molar-refractivity contribution in [2.24, 2.45) is 0 Å². The topological polar surface area (TPSA) is 15.7 Å². The van der Waals surface area contributed by atoms with E-state index < -0.39 is 0 Å². The van der Waals surface area contributed by atoms with E-state index in [1.165, 1.54) is 5.70 Å². The van der Waals surface area contributed by atoms with Crippen LogP contribution < -0.4 is 0 Å². The molecule has 1 aliphatic carbocycles. The monoisotopic (exact) mass is 262 g/mol. The molecule has 0 amide bonds. The van der Waals surface area contributed by atoms with Gasteiger partial charge in [-0.1, -0.05) is 18.2 Å². The van der Waals surface area contributed by atoms with Crippen LogP contribution in [0.5, 0.6) is 0 Å². The second-order valence-corrected chi connectivity index (χ2v) is 4.91. The second kappa shape index (κ2) is 8.59. The van der Waals surface area contributed by atoms with Gasteiger partial charge in [0.15, 0.2) is 0 Å². The van der Waals surface area contributed by atoms with Gasteiger partial charge in [-0.2, -0.15) is 0 Å². The first-order valence-electron chi connectivity index (χ1n) is 6.81. The highest BCUT2D eigenvalue weighted by Gasteiger charge is 2.03. The molecule has 19 heavy (non-hydrogen) atoms. The summed E-state index contributed by atoms with van der Waals surface area (Å²) in [7, 11) is 6.21. The highest BCUT2D eigenvalue weighted by Crippen LogP contribution is 2.14. The predicted octanol–water partition coefficient (Wildman–Crippen LogP) is 2.80. The third-order valence-electron chi connectivity index (χ3n) is 2.93. The first-order valence-corrected chi connectivity index (χ1v) is 6.81. The third-order valence-corrected chi connectivity index (χ3v) is 2.93. The molecule has 0 unspecified atom stereocenters. The zero-order valence-corrected chi connectivity index (χ0v) is 12.6. The highest BCUT2D eigenvalue weighted by atomic mass is 16.5. The molecule has 0 aromatic heterocycles. The number of ether oxygens (including phenoxy) is 1. The Labute approximate surface area is 117 Å². The molecule has 1 rings (SSSR count). The number of nitrogens with zero attached hydrogens (tertiary/aromatic N) is 2. The van der Waals surface area contributed by atoms with Crippen LogP contribution in [0.4, 0.5) is 0 Å². The molecule has 0 heterocycles. The Hall–Kier alpha value is -1.48. The minimum absolute atomic E-state index is 0.729. The Morgan fingerprint density at radius 3 is 2.68 bits per heavy atom. The van der Waals surface area contributed by atoms with Gasteiger partial charge in [0.2, 0.25) is 0 Å². The van der Waals surface area contributed by atoms with Crippen molar-refractivity contribution in [1.29, 1.82) is 0 Å². The smallest absolute Gasteiger partial charge is 0.115 e. The fourth-order valence-corrected chi connectivity index (χ4v) is 1.70. The van der Waals surface area contributed by atoms with Gasteiger partial charge in [0.25, 0.3) is 0 Å². The van der Waals surface area contributed by atoms with E-state index in [1.54, 1.807) is 0 Å². The maximum Gasteiger partial charge on any atom is 0.115 e. The van der Waals surface area contributed by atoms with Crippen molar-refractivity contribution in [2.75, 3.05) is 40.8 Å². The van der Waals surface area contributed by atoms with Gasteiger partial charge in [0, 0.05) is 25.8 Å². The van der Waals surface area contributed by atoms with Crippen LogP contribution in [-0.4, -0.2) is 50.6 Å². The number of likely N-dealkylation sites (N-methyl/N-ethyl adjacent to an activating group) is 2. The van der Waals surface area contributed by atoms with Gasteiger partial charge >= 0.3 is 0 Å². The molecule has 0 aliphatic heterocycles. The Balaban J connectivity index is 2.46. The zero-order valence-electron chi connectivity index (χ0n) is 12.6. The van der Waals surface area contributed by atoms with E-state index in [9.17, 15) is 0 Å². The van der Waals surface area contributed by atoms with Crippen LogP contribution in [0.15, 0.2) is 47.9 Å². The first kappa shape index (κ1) is 15.6. The molecule has 0 N–H and O–H groups in total. The SMILES string of the molecule is C/C=C\CN(C)C1=CCC=C(OCCN(C)C)C=C1. The third kappa shape index (κ3) is 6.30. The van der Waals surface area contributed by atoms with Crippen LogP contribution >= 0.6 is 0 Å². The molecule has 0 saturated heterocycles. The summed E-state index contributed by atoms with van der Waals surface area (Å²) in [6.45, 7) is 4.65. The van der Waals surface area contributed by atoms with Crippen LogP contribution in [0.25, 0.3) is 0 Å². The Morgan fingerprint density at radius 2 is 2.00 bits per heavy atom. The van der Waals surface area contributed by atoms with E-state index in [0.717, 1.165) is 31.9 Å². The zero-order chi connectivity index (χ0) is 14.1. The van der Waals surface area contributed by atoms with E-state index in [-0.39, 0.29) is 0 Å². The maximum absolute atomic E-state index is 5.75. The summed E-state index contributed by atoms with van der Waals surface area (Å²) in [5.41, 5.74) is 1.24. The summed E-state index contributed by atoms with van der Waals surface area (Å²) in [4.78, 5) is 4.35. The minimum atomic E-state index is 0.729. The molecular weight excluding hydrogens is 236 g/mol. The number of allylic oxidation sites excluding steroid dienone is 5. The molecule has 3 heteroatoms. The van der Waals surface area contributed by atoms with Crippen molar-refractivity contribution in [1.82, 2.24) is 9.80 Å². The second-order valence-electron chi connectivity index (χ2n) is 4.91. The maximum atomic E-state index is 5.75.